The largest absolute Gasteiger partial charge is 0.469 e. The molecular formula is C13H18O5. The van der Waals surface area contributed by atoms with Crippen LogP contribution in [0.5, 0.6) is 0 Å². The van der Waals surface area contributed by atoms with Crippen LogP contribution in [0.4, 0.5) is 0 Å². The second-order valence-corrected chi connectivity index (χ2v) is 6.49. The highest BCUT2D eigenvalue weighted by atomic mass is 16.5. The van der Waals surface area contributed by atoms with Gasteiger partial charge in [-0.1, -0.05) is 6.92 Å². The molecule has 0 aromatic heterocycles. The molecule has 4 fully saturated rings. The minimum Gasteiger partial charge on any atom is -0.469 e. The highest BCUT2D eigenvalue weighted by Crippen LogP contribution is 2.86. The molecule has 3 saturated carbocycles. The van der Waals surface area contributed by atoms with Crippen LogP contribution in [0.2, 0.25) is 0 Å². The van der Waals surface area contributed by atoms with E-state index in [0.717, 1.165) is 0 Å². The third-order valence-corrected chi connectivity index (χ3v) is 6.39. The van der Waals surface area contributed by atoms with Crippen molar-refractivity contribution in [1.29, 1.82) is 0 Å². The molecule has 5 heteroatoms. The van der Waals surface area contributed by atoms with Crippen molar-refractivity contribution >= 4 is 5.97 Å². The standard InChI is InChI=1S/C13H18O5/c1-12-7-5(3-6(14)17-2)8-10(9(7)15)18-4-13(8,12)11(12)16/h5,7-11,15-16H,3-4H2,1-2H3. The Morgan fingerprint density at radius 1 is 1.44 bits per heavy atom. The summed E-state index contributed by atoms with van der Waals surface area (Å²) < 4.78 is 10.5. The van der Waals surface area contributed by atoms with Crippen LogP contribution in [0.3, 0.4) is 0 Å². The minimum atomic E-state index is -0.553. The van der Waals surface area contributed by atoms with Crippen molar-refractivity contribution in [1.82, 2.24) is 0 Å². The predicted molar refractivity (Wildman–Crippen MR) is 59.4 cm³/mol. The zero-order chi connectivity index (χ0) is 12.9. The Morgan fingerprint density at radius 3 is 2.83 bits per heavy atom. The Balaban J connectivity index is 1.73. The van der Waals surface area contributed by atoms with Crippen LogP contribution in [0, 0.1) is 28.6 Å². The average Bonchev–Trinajstić information content (AvgIpc) is 2.72. The molecule has 8 unspecified atom stereocenters. The fourth-order valence-corrected chi connectivity index (χ4v) is 5.66. The summed E-state index contributed by atoms with van der Waals surface area (Å²) in [7, 11) is 1.39. The van der Waals surface area contributed by atoms with Gasteiger partial charge in [0.15, 0.2) is 0 Å². The van der Waals surface area contributed by atoms with Gasteiger partial charge < -0.3 is 19.7 Å². The maximum absolute atomic E-state index is 11.5. The molecule has 0 radical (unpaired) electrons. The summed E-state index contributed by atoms with van der Waals surface area (Å²) in [6.07, 6.45) is -0.819. The second-order valence-electron chi connectivity index (χ2n) is 6.49. The molecule has 3 aliphatic carbocycles. The minimum absolute atomic E-state index is 0.0379. The first-order valence-corrected chi connectivity index (χ1v) is 6.54. The molecule has 18 heavy (non-hydrogen) atoms. The smallest absolute Gasteiger partial charge is 0.305 e. The molecule has 1 aliphatic heterocycles. The van der Waals surface area contributed by atoms with E-state index >= 15 is 0 Å². The molecule has 1 heterocycles. The molecule has 4 aliphatic rings. The molecule has 2 bridgehead atoms. The molecule has 8 atom stereocenters. The lowest BCUT2D eigenvalue weighted by atomic mass is 9.80. The summed E-state index contributed by atoms with van der Waals surface area (Å²) in [4.78, 5) is 11.5. The molecule has 0 amide bonds. The number of hydrogen-bond donors (Lipinski definition) is 2. The summed E-state index contributed by atoms with van der Waals surface area (Å²) in [6, 6.07) is 0. The lowest BCUT2D eigenvalue weighted by Gasteiger charge is -2.27. The van der Waals surface area contributed by atoms with Crippen molar-refractivity contribution in [2.45, 2.75) is 31.7 Å². The zero-order valence-corrected chi connectivity index (χ0v) is 10.5. The van der Waals surface area contributed by atoms with Gasteiger partial charge in [0.05, 0.1) is 32.0 Å². The van der Waals surface area contributed by atoms with Gasteiger partial charge in [-0.05, 0) is 11.8 Å². The van der Waals surface area contributed by atoms with Crippen LogP contribution in [-0.4, -0.2) is 48.2 Å². The number of hydrogen-bond acceptors (Lipinski definition) is 5. The van der Waals surface area contributed by atoms with Crippen LogP contribution in [0.15, 0.2) is 0 Å². The predicted octanol–water partition coefficient (Wildman–Crippen LogP) is -0.448. The normalized spacial score (nSPS) is 62.9. The monoisotopic (exact) mass is 254 g/mol. The summed E-state index contributed by atoms with van der Waals surface area (Å²) >= 11 is 0. The number of carbonyl (C=O) groups is 1. The maximum Gasteiger partial charge on any atom is 0.305 e. The summed E-state index contributed by atoms with van der Waals surface area (Å²) in [5, 5.41) is 20.6. The van der Waals surface area contributed by atoms with Crippen LogP contribution < -0.4 is 0 Å². The first-order valence-electron chi connectivity index (χ1n) is 6.54. The van der Waals surface area contributed by atoms with E-state index in [4.69, 9.17) is 9.47 Å². The lowest BCUT2D eigenvalue weighted by molar-refractivity contribution is -0.142. The van der Waals surface area contributed by atoms with Crippen molar-refractivity contribution in [2.75, 3.05) is 13.7 Å². The summed E-state index contributed by atoms with van der Waals surface area (Å²) in [5.41, 5.74) is -0.483. The second kappa shape index (κ2) is 2.92. The van der Waals surface area contributed by atoms with Gasteiger partial charge in [-0.3, -0.25) is 4.79 Å². The van der Waals surface area contributed by atoms with E-state index in [0.29, 0.717) is 13.0 Å². The zero-order valence-electron chi connectivity index (χ0n) is 10.5. The van der Waals surface area contributed by atoms with Gasteiger partial charge in [0, 0.05) is 23.2 Å². The van der Waals surface area contributed by atoms with Crippen molar-refractivity contribution < 1.29 is 24.5 Å². The van der Waals surface area contributed by atoms with E-state index in [1.165, 1.54) is 7.11 Å². The number of fused-ring (bicyclic) bond motifs is 2. The molecule has 4 rings (SSSR count). The fourth-order valence-electron chi connectivity index (χ4n) is 5.66. The van der Waals surface area contributed by atoms with Gasteiger partial charge in [-0.15, -0.1) is 0 Å². The average molecular weight is 254 g/mol. The van der Waals surface area contributed by atoms with E-state index in [1.54, 1.807) is 0 Å². The van der Waals surface area contributed by atoms with E-state index in [9.17, 15) is 15.0 Å². The van der Waals surface area contributed by atoms with Crippen molar-refractivity contribution in [3.05, 3.63) is 0 Å². The number of ether oxygens (including phenoxy) is 2. The SMILES string of the molecule is COC(=O)CC1C2C(O)C3OCC4(C13)C(O)C24C. The molecule has 1 saturated heterocycles. The van der Waals surface area contributed by atoms with Crippen LogP contribution >= 0.6 is 0 Å². The fraction of sp³-hybridized carbons (Fsp3) is 0.923. The molecule has 100 valence electrons. The molecule has 0 aromatic carbocycles. The topological polar surface area (TPSA) is 76.0 Å². The van der Waals surface area contributed by atoms with Crippen molar-refractivity contribution in [2.24, 2.45) is 28.6 Å². The third kappa shape index (κ3) is 0.813. The van der Waals surface area contributed by atoms with E-state index in [-0.39, 0.29) is 40.7 Å². The Kier molecular flexibility index (Phi) is 1.81. The van der Waals surface area contributed by atoms with Crippen LogP contribution in [-0.2, 0) is 14.3 Å². The number of aliphatic hydroxyl groups is 2. The van der Waals surface area contributed by atoms with E-state index < -0.39 is 12.2 Å². The van der Waals surface area contributed by atoms with E-state index in [2.05, 4.69) is 0 Å². The Morgan fingerprint density at radius 2 is 2.17 bits per heavy atom. The number of carbonyl (C=O) groups excluding carboxylic acids is 1. The lowest BCUT2D eigenvalue weighted by Crippen LogP contribution is -2.36. The highest BCUT2D eigenvalue weighted by molar-refractivity contribution is 5.70. The summed E-state index contributed by atoms with van der Waals surface area (Å²) in [6.45, 7) is 2.55. The Hall–Kier alpha value is -0.650. The molecule has 0 aromatic rings. The Labute approximate surface area is 105 Å². The quantitative estimate of drug-likeness (QED) is 0.653. The molecule has 5 nitrogen and oxygen atoms in total. The van der Waals surface area contributed by atoms with Gasteiger partial charge in [0.2, 0.25) is 0 Å². The third-order valence-electron chi connectivity index (χ3n) is 6.39. The number of esters is 1. The summed E-state index contributed by atoms with van der Waals surface area (Å²) in [5.74, 6) is -0.0756. The van der Waals surface area contributed by atoms with Gasteiger partial charge in [0.25, 0.3) is 0 Å². The van der Waals surface area contributed by atoms with Gasteiger partial charge in [0.1, 0.15) is 0 Å². The molecule has 1 spiro atoms. The number of rotatable bonds is 2. The van der Waals surface area contributed by atoms with Gasteiger partial charge >= 0.3 is 5.97 Å². The molecule has 2 N–H and O–H groups in total. The maximum atomic E-state index is 11.5. The van der Waals surface area contributed by atoms with Gasteiger partial charge in [-0.25, -0.2) is 0 Å². The van der Waals surface area contributed by atoms with Crippen molar-refractivity contribution in [3.8, 4) is 0 Å². The van der Waals surface area contributed by atoms with Gasteiger partial charge in [-0.2, -0.15) is 0 Å². The van der Waals surface area contributed by atoms with E-state index in [1.807, 2.05) is 6.92 Å². The van der Waals surface area contributed by atoms with Crippen LogP contribution in [0.25, 0.3) is 0 Å². The Bertz CT molecular complexity index is 435. The molecular weight excluding hydrogens is 236 g/mol. The first-order chi connectivity index (χ1) is 8.50. The highest BCUT2D eigenvalue weighted by Gasteiger charge is 2.93. The van der Waals surface area contributed by atoms with Crippen LogP contribution in [0.1, 0.15) is 13.3 Å². The number of methoxy groups -OCH3 is 1. The first kappa shape index (κ1) is 11.2. The number of aliphatic hydroxyl groups excluding tert-OH is 2. The van der Waals surface area contributed by atoms with Crippen molar-refractivity contribution in [3.63, 3.8) is 0 Å².